The number of aromatic nitrogens is 2. The Labute approximate surface area is 120 Å². The smallest absolute Gasteiger partial charge is 0.321 e. The number of imidazole rings is 1. The highest BCUT2D eigenvalue weighted by molar-refractivity contribution is 8.00. The van der Waals surface area contributed by atoms with Gasteiger partial charge in [-0.05, 0) is 19.1 Å². The molecule has 7 heteroatoms. The third kappa shape index (κ3) is 2.93. The maximum absolute atomic E-state index is 11.8. The molecule has 1 atom stereocenters. The number of aryl methyl sites for hydroxylation is 1. The zero-order valence-corrected chi connectivity index (χ0v) is 12.3. The zero-order valence-electron chi connectivity index (χ0n) is 11.5. The lowest BCUT2D eigenvalue weighted by molar-refractivity contribution is -0.119. The molecular formula is C13H16N4O2S. The lowest BCUT2D eigenvalue weighted by Gasteiger charge is -2.10. The molecule has 0 fully saturated rings. The molecular weight excluding hydrogens is 276 g/mol. The number of para-hydroxylation sites is 2. The van der Waals surface area contributed by atoms with Gasteiger partial charge in [-0.25, -0.2) is 9.78 Å². The predicted molar refractivity (Wildman–Crippen MR) is 78.6 cm³/mol. The molecule has 1 aromatic heterocycles. The summed E-state index contributed by atoms with van der Waals surface area (Å²) in [4.78, 5) is 27.4. The molecule has 1 heterocycles. The highest BCUT2D eigenvalue weighted by atomic mass is 32.2. The minimum absolute atomic E-state index is 0.346. The van der Waals surface area contributed by atoms with Crippen molar-refractivity contribution in [3.63, 3.8) is 0 Å². The molecule has 2 aromatic rings. The Hall–Kier alpha value is -2.02. The molecule has 106 valence electrons. The average Bonchev–Trinajstić information content (AvgIpc) is 2.75. The largest absolute Gasteiger partial charge is 0.341 e. The van der Waals surface area contributed by atoms with Crippen molar-refractivity contribution in [2.45, 2.75) is 17.3 Å². The fraction of sp³-hybridized carbons (Fsp3) is 0.308. The Balaban J connectivity index is 2.13. The summed E-state index contributed by atoms with van der Waals surface area (Å²) in [6, 6.07) is 7.26. The van der Waals surface area contributed by atoms with Gasteiger partial charge in [-0.15, -0.1) is 0 Å². The second-order valence-corrected chi connectivity index (χ2v) is 5.58. The van der Waals surface area contributed by atoms with Crippen molar-refractivity contribution < 1.29 is 9.59 Å². The number of nitrogens with one attached hydrogen (secondary N) is 2. The number of urea groups is 1. The van der Waals surface area contributed by atoms with E-state index in [4.69, 9.17) is 0 Å². The summed E-state index contributed by atoms with van der Waals surface area (Å²) in [6.07, 6.45) is 0. The molecule has 0 spiro atoms. The van der Waals surface area contributed by atoms with Crippen molar-refractivity contribution in [2.24, 2.45) is 7.05 Å². The highest BCUT2D eigenvalue weighted by Crippen LogP contribution is 2.26. The van der Waals surface area contributed by atoms with Crippen LogP contribution in [0.5, 0.6) is 0 Å². The van der Waals surface area contributed by atoms with Crippen LogP contribution in [-0.2, 0) is 11.8 Å². The molecule has 0 aliphatic carbocycles. The van der Waals surface area contributed by atoms with Crippen LogP contribution in [0, 0.1) is 0 Å². The van der Waals surface area contributed by atoms with E-state index in [1.165, 1.54) is 18.8 Å². The fourth-order valence-electron chi connectivity index (χ4n) is 1.72. The first kappa shape index (κ1) is 14.4. The standard InChI is InChI=1S/C13H16N4O2S/c1-8(11(18)16-12(19)14-2)20-13-15-9-6-4-5-7-10(9)17(13)3/h4-8H,1-3H3,(H2,14,16,18,19)/t8-/m1/s1. The van der Waals surface area contributed by atoms with Crippen molar-refractivity contribution in [3.05, 3.63) is 24.3 Å². The van der Waals surface area contributed by atoms with E-state index in [1.807, 2.05) is 35.9 Å². The Kier molecular flexibility index (Phi) is 4.29. The second kappa shape index (κ2) is 5.96. The number of hydrogen-bond acceptors (Lipinski definition) is 4. The number of nitrogens with zero attached hydrogens (tertiary/aromatic N) is 2. The number of thioether (sulfide) groups is 1. The number of imide groups is 1. The number of carbonyl (C=O) groups is 2. The molecule has 0 aliphatic heterocycles. The summed E-state index contributed by atoms with van der Waals surface area (Å²) in [6.45, 7) is 1.74. The van der Waals surface area contributed by atoms with Crippen molar-refractivity contribution in [1.29, 1.82) is 0 Å². The first-order valence-electron chi connectivity index (χ1n) is 6.13. The van der Waals surface area contributed by atoms with Crippen molar-refractivity contribution in [3.8, 4) is 0 Å². The van der Waals surface area contributed by atoms with Crippen LogP contribution in [-0.4, -0.2) is 33.8 Å². The molecule has 0 aliphatic rings. The van der Waals surface area contributed by atoms with Crippen LogP contribution < -0.4 is 10.6 Å². The van der Waals surface area contributed by atoms with Gasteiger partial charge in [0.1, 0.15) is 0 Å². The second-order valence-electron chi connectivity index (χ2n) is 4.27. The van der Waals surface area contributed by atoms with Gasteiger partial charge in [-0.3, -0.25) is 10.1 Å². The maximum atomic E-state index is 11.8. The SMILES string of the molecule is CNC(=O)NC(=O)[C@@H](C)Sc1nc2ccccc2n1C. The molecule has 1 aromatic carbocycles. The minimum Gasteiger partial charge on any atom is -0.341 e. The molecule has 0 unspecified atom stereocenters. The Morgan fingerprint density at radius 1 is 1.35 bits per heavy atom. The summed E-state index contributed by atoms with van der Waals surface area (Å²) in [5.74, 6) is -0.346. The number of benzene rings is 1. The van der Waals surface area contributed by atoms with Crippen LogP contribution in [0.2, 0.25) is 0 Å². The third-order valence-electron chi connectivity index (χ3n) is 2.86. The zero-order chi connectivity index (χ0) is 14.7. The van der Waals surface area contributed by atoms with E-state index in [9.17, 15) is 9.59 Å². The van der Waals surface area contributed by atoms with Gasteiger partial charge in [0.2, 0.25) is 5.91 Å². The Bertz CT molecular complexity index is 653. The van der Waals surface area contributed by atoms with E-state index < -0.39 is 11.3 Å². The van der Waals surface area contributed by atoms with Gasteiger partial charge >= 0.3 is 6.03 Å². The molecule has 0 bridgehead atoms. The van der Waals surface area contributed by atoms with Crippen LogP contribution in [0.1, 0.15) is 6.92 Å². The quantitative estimate of drug-likeness (QED) is 0.841. The van der Waals surface area contributed by atoms with Crippen LogP contribution in [0.25, 0.3) is 11.0 Å². The number of rotatable bonds is 3. The molecule has 2 rings (SSSR count). The van der Waals surface area contributed by atoms with E-state index in [-0.39, 0.29) is 5.91 Å². The van der Waals surface area contributed by atoms with E-state index >= 15 is 0 Å². The van der Waals surface area contributed by atoms with Gasteiger partial charge in [-0.1, -0.05) is 23.9 Å². The minimum atomic E-state index is -0.507. The lowest BCUT2D eigenvalue weighted by atomic mass is 10.3. The lowest BCUT2D eigenvalue weighted by Crippen LogP contribution is -2.41. The fourth-order valence-corrected chi connectivity index (χ4v) is 2.61. The van der Waals surface area contributed by atoms with Gasteiger partial charge in [0.05, 0.1) is 16.3 Å². The maximum Gasteiger partial charge on any atom is 0.321 e. The van der Waals surface area contributed by atoms with Crippen molar-refractivity contribution in [1.82, 2.24) is 20.2 Å². The normalized spacial score (nSPS) is 12.2. The summed E-state index contributed by atoms with van der Waals surface area (Å²) >= 11 is 1.32. The topological polar surface area (TPSA) is 76.0 Å². The van der Waals surface area contributed by atoms with Gasteiger partial charge in [0, 0.05) is 14.1 Å². The molecule has 6 nitrogen and oxygen atoms in total. The number of hydrogen-bond donors (Lipinski definition) is 2. The third-order valence-corrected chi connectivity index (χ3v) is 4.00. The molecule has 0 saturated heterocycles. The Morgan fingerprint density at radius 3 is 2.70 bits per heavy atom. The number of fused-ring (bicyclic) bond motifs is 1. The van der Waals surface area contributed by atoms with Gasteiger partial charge in [0.15, 0.2) is 5.16 Å². The monoisotopic (exact) mass is 292 g/mol. The molecule has 0 saturated carbocycles. The molecule has 3 amide bonds. The van der Waals surface area contributed by atoms with Crippen molar-refractivity contribution in [2.75, 3.05) is 7.05 Å². The van der Waals surface area contributed by atoms with Crippen molar-refractivity contribution >= 4 is 34.7 Å². The summed E-state index contributed by atoms with van der Waals surface area (Å²) in [5, 5.41) is 4.93. The summed E-state index contributed by atoms with van der Waals surface area (Å²) in [7, 11) is 3.37. The summed E-state index contributed by atoms with van der Waals surface area (Å²) < 4.78 is 1.93. The average molecular weight is 292 g/mol. The van der Waals surface area contributed by atoms with Gasteiger partial charge in [-0.2, -0.15) is 0 Å². The summed E-state index contributed by atoms with van der Waals surface area (Å²) in [5.41, 5.74) is 1.89. The number of carbonyl (C=O) groups excluding carboxylic acids is 2. The van der Waals surface area contributed by atoms with Gasteiger partial charge < -0.3 is 9.88 Å². The van der Waals surface area contributed by atoms with E-state index in [0.717, 1.165) is 16.2 Å². The number of amides is 3. The van der Waals surface area contributed by atoms with Crippen LogP contribution >= 0.6 is 11.8 Å². The highest BCUT2D eigenvalue weighted by Gasteiger charge is 2.19. The molecule has 20 heavy (non-hydrogen) atoms. The van der Waals surface area contributed by atoms with E-state index in [0.29, 0.717) is 0 Å². The van der Waals surface area contributed by atoms with Crippen LogP contribution in [0.4, 0.5) is 4.79 Å². The first-order chi connectivity index (χ1) is 9.52. The molecule has 0 radical (unpaired) electrons. The van der Waals surface area contributed by atoms with Crippen LogP contribution in [0.15, 0.2) is 29.4 Å². The van der Waals surface area contributed by atoms with E-state index in [2.05, 4.69) is 15.6 Å². The van der Waals surface area contributed by atoms with Gasteiger partial charge in [0.25, 0.3) is 0 Å². The first-order valence-corrected chi connectivity index (χ1v) is 7.01. The molecule has 2 N–H and O–H groups in total. The van der Waals surface area contributed by atoms with Crippen LogP contribution in [0.3, 0.4) is 0 Å². The van der Waals surface area contributed by atoms with E-state index in [1.54, 1.807) is 6.92 Å². The Morgan fingerprint density at radius 2 is 2.05 bits per heavy atom. The predicted octanol–water partition coefficient (Wildman–Crippen LogP) is 1.51.